The maximum absolute atomic E-state index is 2.87. The van der Waals surface area contributed by atoms with E-state index >= 15 is 0 Å². The number of hydrogen-bond donors (Lipinski definition) is 0. The summed E-state index contributed by atoms with van der Waals surface area (Å²) in [6.07, 6.45) is 9.34. The third kappa shape index (κ3) is 8.39. The van der Waals surface area contributed by atoms with Crippen molar-refractivity contribution in [1.82, 2.24) is 0 Å². The van der Waals surface area contributed by atoms with E-state index in [2.05, 4.69) is 284 Å². The first-order chi connectivity index (χ1) is 40.0. The van der Waals surface area contributed by atoms with Gasteiger partial charge in [0.15, 0.2) is 0 Å². The van der Waals surface area contributed by atoms with E-state index in [1.54, 1.807) is 0 Å². The third-order valence-corrected chi connectivity index (χ3v) is 23.0. The highest BCUT2D eigenvalue weighted by Gasteiger charge is 2.59. The largest absolute Gasteiger partial charge is 0.334 e. The Balaban J connectivity index is 1.16. The van der Waals surface area contributed by atoms with Crippen molar-refractivity contribution in [2.45, 2.75) is 213 Å². The van der Waals surface area contributed by atoms with Crippen molar-refractivity contribution in [2.24, 2.45) is 0 Å². The van der Waals surface area contributed by atoms with Gasteiger partial charge < -0.3 is 14.7 Å². The zero-order valence-electron chi connectivity index (χ0n) is 54.5. The fourth-order valence-corrected chi connectivity index (χ4v) is 17.1. The summed E-state index contributed by atoms with van der Waals surface area (Å²) in [7, 11) is 0. The van der Waals surface area contributed by atoms with E-state index in [9.17, 15) is 0 Å². The standard InChI is InChI=1S/C81H92BN3/c1-51-42-59-61(78(12,13)40-38-76(59,8)9)49-69(51)84-68-35-32-56(75(5,6)7)45-64(68)82-65-48-60-62(79(14,15)41-39-77(60,10)11)50-70(65)83(66-34-31-55(74(2,3)4)44-58(66)53-28-22-19-23-29-53)71-46-57(47-72(84)73(71)82)85-67-33-30-54(52-26-20-18-21-27-52)43-63(67)80(16)36-24-25-37-81(80,85)17/h18-23,26-35,42-50H,24-25,36-41H2,1-17H3. The summed E-state index contributed by atoms with van der Waals surface area (Å²) in [5.41, 5.74) is 30.8. The van der Waals surface area contributed by atoms with Gasteiger partial charge in [0.25, 0.3) is 6.71 Å². The molecule has 8 aromatic carbocycles. The highest BCUT2D eigenvalue weighted by atomic mass is 15.3. The highest BCUT2D eigenvalue weighted by molar-refractivity contribution is 7.00. The molecule has 3 heterocycles. The number of benzene rings is 8. The van der Waals surface area contributed by atoms with Crippen LogP contribution in [-0.4, -0.2) is 12.3 Å². The first-order valence-corrected chi connectivity index (χ1v) is 32.5. The molecule has 0 radical (unpaired) electrons. The topological polar surface area (TPSA) is 9.72 Å². The minimum absolute atomic E-state index is 0.00442. The molecule has 2 atom stereocenters. The smallest absolute Gasteiger partial charge is 0.252 e. The summed E-state index contributed by atoms with van der Waals surface area (Å²) in [5.74, 6) is 0. The van der Waals surface area contributed by atoms with Crippen LogP contribution < -0.4 is 31.1 Å². The minimum Gasteiger partial charge on any atom is -0.334 e. The van der Waals surface area contributed by atoms with E-state index in [-0.39, 0.29) is 50.2 Å². The Morgan fingerprint density at radius 2 is 0.859 bits per heavy atom. The molecular weight excluding hydrogens is 1030 g/mol. The zero-order valence-corrected chi connectivity index (χ0v) is 54.5. The fraction of sp³-hybridized carbons (Fsp3) is 0.407. The van der Waals surface area contributed by atoms with Gasteiger partial charge in [0, 0.05) is 50.8 Å². The van der Waals surface area contributed by atoms with Crippen molar-refractivity contribution >= 4 is 68.6 Å². The van der Waals surface area contributed by atoms with Crippen LogP contribution in [0.3, 0.4) is 0 Å². The number of hydrogen-bond acceptors (Lipinski definition) is 3. The highest BCUT2D eigenvalue weighted by Crippen LogP contribution is 2.63. The minimum atomic E-state index is -0.199. The molecule has 4 heteroatoms. The predicted octanol–water partition coefficient (Wildman–Crippen LogP) is 20.4. The molecule has 3 aliphatic carbocycles. The van der Waals surface area contributed by atoms with Gasteiger partial charge in [-0.1, -0.05) is 214 Å². The fourth-order valence-electron chi connectivity index (χ4n) is 17.1. The molecule has 0 saturated heterocycles. The van der Waals surface area contributed by atoms with Crippen molar-refractivity contribution in [3.63, 3.8) is 0 Å². The Labute approximate surface area is 511 Å². The molecule has 14 rings (SSSR count). The molecule has 6 aliphatic rings. The van der Waals surface area contributed by atoms with Gasteiger partial charge in [0.05, 0.1) is 11.2 Å². The molecule has 0 N–H and O–H groups in total. The summed E-state index contributed by atoms with van der Waals surface area (Å²) in [5, 5.41) is 0. The van der Waals surface area contributed by atoms with Gasteiger partial charge in [0.1, 0.15) is 0 Å². The molecule has 434 valence electrons. The van der Waals surface area contributed by atoms with E-state index in [4.69, 9.17) is 0 Å². The van der Waals surface area contributed by atoms with Crippen molar-refractivity contribution < 1.29 is 0 Å². The van der Waals surface area contributed by atoms with E-state index in [0.29, 0.717) is 0 Å². The van der Waals surface area contributed by atoms with Crippen LogP contribution in [0.4, 0.5) is 45.5 Å². The second-order valence-electron chi connectivity index (χ2n) is 32.3. The molecule has 1 fully saturated rings. The van der Waals surface area contributed by atoms with E-state index in [1.165, 1.54) is 148 Å². The lowest BCUT2D eigenvalue weighted by Crippen LogP contribution is -2.62. The van der Waals surface area contributed by atoms with Gasteiger partial charge in [-0.25, -0.2) is 0 Å². The maximum atomic E-state index is 2.87. The SMILES string of the molecule is Cc1cc2c(cc1N1c3ccc(C(C)(C)C)cc3B3c4cc5c(cc4N(c4ccc(C(C)(C)C)cc4-c4ccccc4)c4cc(N6c7ccc(-c8ccccc8)cc7C7(C)CCCCC67C)cc1c43)C(C)(C)CCC5(C)C)C(C)(C)CCC2(C)C. The second-order valence-corrected chi connectivity index (χ2v) is 32.3. The number of aryl methyl sites for hydroxylation is 1. The van der Waals surface area contributed by atoms with Crippen LogP contribution in [-0.2, 0) is 37.9 Å². The Morgan fingerprint density at radius 3 is 1.45 bits per heavy atom. The van der Waals surface area contributed by atoms with Crippen LogP contribution in [0.2, 0.25) is 0 Å². The van der Waals surface area contributed by atoms with Gasteiger partial charge in [-0.05, 0) is 217 Å². The molecule has 0 amide bonds. The molecule has 0 bridgehead atoms. The summed E-state index contributed by atoms with van der Waals surface area (Å²) in [6, 6.07) is 61.1. The lowest BCUT2D eigenvalue weighted by Gasteiger charge is -2.51. The van der Waals surface area contributed by atoms with Crippen LogP contribution in [0.15, 0.2) is 152 Å². The lowest BCUT2D eigenvalue weighted by atomic mass is 9.33. The summed E-state index contributed by atoms with van der Waals surface area (Å²) >= 11 is 0. The number of rotatable bonds is 5. The van der Waals surface area contributed by atoms with Crippen molar-refractivity contribution in [1.29, 1.82) is 0 Å². The Bertz CT molecular complexity index is 4050. The van der Waals surface area contributed by atoms with E-state index in [1.807, 2.05) is 0 Å². The molecule has 3 nitrogen and oxygen atoms in total. The third-order valence-electron chi connectivity index (χ3n) is 23.0. The van der Waals surface area contributed by atoms with Crippen LogP contribution in [0.5, 0.6) is 0 Å². The Hall–Kier alpha value is -6.78. The molecule has 3 aliphatic heterocycles. The molecule has 85 heavy (non-hydrogen) atoms. The average molecular weight is 1120 g/mol. The monoisotopic (exact) mass is 1120 g/mol. The molecule has 2 unspecified atom stereocenters. The average Bonchev–Trinajstić information content (AvgIpc) is 1.67. The number of fused-ring (bicyclic) bond motifs is 9. The summed E-state index contributed by atoms with van der Waals surface area (Å²) < 4.78 is 0. The second kappa shape index (κ2) is 18.6. The Kier molecular flexibility index (Phi) is 12.3. The Morgan fingerprint density at radius 1 is 0.376 bits per heavy atom. The normalized spacial score (nSPS) is 21.9. The molecule has 8 aromatic rings. The molecule has 0 aromatic heterocycles. The molecule has 0 spiro atoms. The molecule has 1 saturated carbocycles. The quantitative estimate of drug-likeness (QED) is 0.159. The van der Waals surface area contributed by atoms with Gasteiger partial charge >= 0.3 is 0 Å². The zero-order chi connectivity index (χ0) is 59.9. The number of nitrogens with zero attached hydrogens (tertiary/aromatic N) is 3. The van der Waals surface area contributed by atoms with Crippen molar-refractivity contribution in [3.05, 3.63) is 196 Å². The van der Waals surface area contributed by atoms with Crippen molar-refractivity contribution in [2.75, 3.05) is 14.7 Å². The van der Waals surface area contributed by atoms with Crippen LogP contribution in [0, 0.1) is 6.92 Å². The van der Waals surface area contributed by atoms with Crippen LogP contribution >= 0.6 is 0 Å². The molecular formula is C81H92BN3. The van der Waals surface area contributed by atoms with E-state index < -0.39 is 0 Å². The lowest BCUT2D eigenvalue weighted by molar-refractivity contribution is 0.195. The van der Waals surface area contributed by atoms with Gasteiger partial charge in [-0.3, -0.25) is 0 Å². The summed E-state index contributed by atoms with van der Waals surface area (Å²) in [4.78, 5) is 8.44. The van der Waals surface area contributed by atoms with Crippen molar-refractivity contribution in [3.8, 4) is 22.3 Å². The summed E-state index contributed by atoms with van der Waals surface area (Å²) in [6.45, 7) is 42.0. The van der Waals surface area contributed by atoms with Gasteiger partial charge in [0.2, 0.25) is 0 Å². The number of anilines is 8. The van der Waals surface area contributed by atoms with Crippen LogP contribution in [0.25, 0.3) is 22.3 Å². The van der Waals surface area contributed by atoms with Crippen LogP contribution in [0.1, 0.15) is 207 Å². The first kappa shape index (κ1) is 56.1. The van der Waals surface area contributed by atoms with E-state index in [0.717, 1.165) is 32.1 Å². The maximum Gasteiger partial charge on any atom is 0.252 e. The van der Waals surface area contributed by atoms with Gasteiger partial charge in [-0.15, -0.1) is 0 Å². The predicted molar refractivity (Wildman–Crippen MR) is 367 cm³/mol. The van der Waals surface area contributed by atoms with Gasteiger partial charge in [-0.2, -0.15) is 0 Å². The first-order valence-electron chi connectivity index (χ1n) is 32.5.